The van der Waals surface area contributed by atoms with Crippen LogP contribution in [0.3, 0.4) is 0 Å². The molecule has 1 rings (SSSR count). The molecule has 1 fully saturated rings. The van der Waals surface area contributed by atoms with Gasteiger partial charge in [-0.1, -0.05) is 0 Å². The lowest BCUT2D eigenvalue weighted by molar-refractivity contribution is -0.129. The van der Waals surface area contributed by atoms with Gasteiger partial charge in [-0.3, -0.25) is 9.69 Å². The van der Waals surface area contributed by atoms with Gasteiger partial charge < -0.3 is 10.8 Å². The second-order valence-electron chi connectivity index (χ2n) is 3.37. The summed E-state index contributed by atoms with van der Waals surface area (Å²) in [6.45, 7) is 1.69. The summed E-state index contributed by atoms with van der Waals surface area (Å²) in [4.78, 5) is 23.0. The van der Waals surface area contributed by atoms with Crippen LogP contribution in [0, 0.1) is 0 Å². The number of amides is 1. The standard InChI is InChI=1S/C8H14N2O3/c1-6(11)8(9)4-2-3-5-10(8)7(12)13/h2-5,9H2,1H3,(H,12,13). The molecule has 1 aliphatic heterocycles. The summed E-state index contributed by atoms with van der Waals surface area (Å²) in [5.41, 5.74) is 4.45. The monoisotopic (exact) mass is 186 g/mol. The fourth-order valence-corrected chi connectivity index (χ4v) is 1.63. The maximum absolute atomic E-state index is 11.2. The Balaban J connectivity index is 2.89. The van der Waals surface area contributed by atoms with Crippen molar-refractivity contribution in [1.29, 1.82) is 0 Å². The van der Waals surface area contributed by atoms with E-state index in [1.807, 2.05) is 0 Å². The van der Waals surface area contributed by atoms with Crippen LogP contribution in [0.15, 0.2) is 0 Å². The smallest absolute Gasteiger partial charge is 0.409 e. The number of likely N-dealkylation sites (tertiary alicyclic amines) is 1. The number of hydrogen-bond donors (Lipinski definition) is 2. The second-order valence-corrected chi connectivity index (χ2v) is 3.37. The molecular formula is C8H14N2O3. The molecule has 1 heterocycles. The van der Waals surface area contributed by atoms with Gasteiger partial charge in [0, 0.05) is 6.54 Å². The van der Waals surface area contributed by atoms with Gasteiger partial charge in [-0.15, -0.1) is 0 Å². The Labute approximate surface area is 76.5 Å². The molecule has 1 saturated heterocycles. The lowest BCUT2D eigenvalue weighted by Crippen LogP contribution is -2.64. The normalized spacial score (nSPS) is 28.6. The Morgan fingerprint density at radius 3 is 2.46 bits per heavy atom. The van der Waals surface area contributed by atoms with E-state index in [1.54, 1.807) is 0 Å². The van der Waals surface area contributed by atoms with Crippen LogP contribution in [-0.4, -0.2) is 34.1 Å². The number of Topliss-reactive ketones (excluding diaryl/α,β-unsaturated/α-hetero) is 1. The van der Waals surface area contributed by atoms with E-state index in [2.05, 4.69) is 0 Å². The van der Waals surface area contributed by atoms with Crippen molar-refractivity contribution < 1.29 is 14.7 Å². The van der Waals surface area contributed by atoms with Crippen LogP contribution in [-0.2, 0) is 4.79 Å². The first-order valence-corrected chi connectivity index (χ1v) is 4.29. The second kappa shape index (κ2) is 3.33. The van der Waals surface area contributed by atoms with Crippen LogP contribution in [0.2, 0.25) is 0 Å². The first kappa shape index (κ1) is 9.98. The van der Waals surface area contributed by atoms with Gasteiger partial charge in [-0.05, 0) is 26.2 Å². The van der Waals surface area contributed by atoms with Crippen molar-refractivity contribution in [3.05, 3.63) is 0 Å². The number of hydrogen-bond acceptors (Lipinski definition) is 3. The maximum atomic E-state index is 11.2. The van der Waals surface area contributed by atoms with Crippen LogP contribution < -0.4 is 5.73 Å². The largest absolute Gasteiger partial charge is 0.465 e. The van der Waals surface area contributed by atoms with Gasteiger partial charge in [0.25, 0.3) is 0 Å². The van der Waals surface area contributed by atoms with Crippen LogP contribution in [0.5, 0.6) is 0 Å². The Morgan fingerprint density at radius 1 is 1.46 bits per heavy atom. The minimum Gasteiger partial charge on any atom is -0.465 e. The van der Waals surface area contributed by atoms with E-state index in [0.717, 1.165) is 17.7 Å². The van der Waals surface area contributed by atoms with Gasteiger partial charge in [0.15, 0.2) is 11.4 Å². The van der Waals surface area contributed by atoms with Gasteiger partial charge in [-0.2, -0.15) is 0 Å². The summed E-state index contributed by atoms with van der Waals surface area (Å²) >= 11 is 0. The van der Waals surface area contributed by atoms with Crippen molar-refractivity contribution in [2.24, 2.45) is 5.73 Å². The number of nitrogens with two attached hydrogens (primary N) is 1. The molecule has 13 heavy (non-hydrogen) atoms. The quantitative estimate of drug-likeness (QED) is 0.620. The van der Waals surface area contributed by atoms with Crippen LogP contribution in [0.25, 0.3) is 0 Å². The predicted octanol–water partition coefficient (Wildman–Crippen LogP) is 0.394. The molecule has 0 radical (unpaired) electrons. The lowest BCUT2D eigenvalue weighted by atomic mass is 9.93. The van der Waals surface area contributed by atoms with Crippen LogP contribution in [0.1, 0.15) is 26.2 Å². The van der Waals surface area contributed by atoms with E-state index >= 15 is 0 Å². The molecule has 1 atom stereocenters. The third-order valence-corrected chi connectivity index (χ3v) is 2.51. The Morgan fingerprint density at radius 2 is 2.08 bits per heavy atom. The molecule has 1 unspecified atom stereocenters. The fourth-order valence-electron chi connectivity index (χ4n) is 1.63. The molecule has 0 spiro atoms. The average Bonchev–Trinajstić information content (AvgIpc) is 2.04. The SMILES string of the molecule is CC(=O)C1(N)CCCCN1C(=O)O. The van der Waals surface area contributed by atoms with Crippen molar-refractivity contribution in [2.45, 2.75) is 31.8 Å². The molecule has 5 nitrogen and oxygen atoms in total. The van der Waals surface area contributed by atoms with E-state index in [1.165, 1.54) is 6.92 Å². The highest BCUT2D eigenvalue weighted by Crippen LogP contribution is 2.24. The molecule has 1 aliphatic rings. The maximum Gasteiger partial charge on any atom is 0.409 e. The van der Waals surface area contributed by atoms with Gasteiger partial charge in [-0.25, -0.2) is 4.79 Å². The zero-order chi connectivity index (χ0) is 10.1. The van der Waals surface area contributed by atoms with Gasteiger partial charge in [0.05, 0.1) is 0 Å². The van der Waals surface area contributed by atoms with Crippen molar-refractivity contribution in [2.75, 3.05) is 6.54 Å². The van der Waals surface area contributed by atoms with Crippen LogP contribution in [0.4, 0.5) is 4.79 Å². The first-order valence-electron chi connectivity index (χ1n) is 4.29. The average molecular weight is 186 g/mol. The van der Waals surface area contributed by atoms with E-state index in [0.29, 0.717) is 13.0 Å². The fraction of sp³-hybridized carbons (Fsp3) is 0.750. The van der Waals surface area contributed by atoms with Crippen LogP contribution >= 0.6 is 0 Å². The minimum atomic E-state index is -1.29. The first-order chi connectivity index (χ1) is 5.98. The summed E-state index contributed by atoms with van der Waals surface area (Å²) in [6.07, 6.45) is 0.893. The summed E-state index contributed by atoms with van der Waals surface area (Å²) in [5, 5.41) is 8.82. The minimum absolute atomic E-state index is 0.283. The zero-order valence-electron chi connectivity index (χ0n) is 7.62. The Kier molecular flexibility index (Phi) is 2.56. The highest BCUT2D eigenvalue weighted by Gasteiger charge is 2.42. The summed E-state index contributed by atoms with van der Waals surface area (Å²) in [5.74, 6) is -0.283. The third kappa shape index (κ3) is 1.65. The van der Waals surface area contributed by atoms with Crippen molar-refractivity contribution in [3.63, 3.8) is 0 Å². The number of ketones is 1. The molecule has 5 heteroatoms. The molecule has 0 aromatic rings. The van der Waals surface area contributed by atoms with E-state index in [4.69, 9.17) is 10.8 Å². The van der Waals surface area contributed by atoms with Crippen molar-refractivity contribution in [3.8, 4) is 0 Å². The van der Waals surface area contributed by atoms with Gasteiger partial charge >= 0.3 is 6.09 Å². The summed E-state index contributed by atoms with van der Waals surface area (Å²) < 4.78 is 0. The molecular weight excluding hydrogens is 172 g/mol. The molecule has 74 valence electrons. The molecule has 0 aromatic heterocycles. The number of carboxylic acid groups (broad SMARTS) is 1. The van der Waals surface area contributed by atoms with E-state index in [9.17, 15) is 9.59 Å². The third-order valence-electron chi connectivity index (χ3n) is 2.51. The highest BCUT2D eigenvalue weighted by molar-refractivity contribution is 5.88. The van der Waals surface area contributed by atoms with E-state index in [-0.39, 0.29) is 5.78 Å². The van der Waals surface area contributed by atoms with Gasteiger partial charge in [0.1, 0.15) is 0 Å². The molecule has 0 saturated carbocycles. The van der Waals surface area contributed by atoms with E-state index < -0.39 is 11.8 Å². The van der Waals surface area contributed by atoms with Crippen molar-refractivity contribution in [1.82, 2.24) is 4.90 Å². The van der Waals surface area contributed by atoms with Gasteiger partial charge in [0.2, 0.25) is 0 Å². The summed E-state index contributed by atoms with van der Waals surface area (Å²) in [7, 11) is 0. The molecule has 0 bridgehead atoms. The Bertz CT molecular complexity index is 242. The number of nitrogens with zero attached hydrogens (tertiary/aromatic N) is 1. The Hall–Kier alpha value is -1.10. The number of carbonyl (C=O) groups is 2. The molecule has 1 amide bonds. The zero-order valence-corrected chi connectivity index (χ0v) is 7.62. The van der Waals surface area contributed by atoms with Crippen molar-refractivity contribution >= 4 is 11.9 Å². The topological polar surface area (TPSA) is 83.6 Å². The lowest BCUT2D eigenvalue weighted by Gasteiger charge is -2.40. The number of rotatable bonds is 1. The molecule has 0 aromatic carbocycles. The number of carbonyl (C=O) groups excluding carboxylic acids is 1. The predicted molar refractivity (Wildman–Crippen MR) is 46.2 cm³/mol. The highest BCUT2D eigenvalue weighted by atomic mass is 16.4. The molecule has 3 N–H and O–H groups in total. The summed E-state index contributed by atoms with van der Waals surface area (Å²) in [6, 6.07) is 0. The molecule has 0 aliphatic carbocycles. The number of piperidine rings is 1.